The van der Waals surface area contributed by atoms with Crippen molar-refractivity contribution in [1.82, 2.24) is 14.9 Å². The van der Waals surface area contributed by atoms with Crippen LogP contribution in [-0.2, 0) is 6.42 Å². The monoisotopic (exact) mass is 415 g/mol. The predicted molar refractivity (Wildman–Crippen MR) is 111 cm³/mol. The number of likely N-dealkylation sites (tertiary alicyclic amines) is 1. The van der Waals surface area contributed by atoms with Gasteiger partial charge in [-0.15, -0.1) is 0 Å². The van der Waals surface area contributed by atoms with Gasteiger partial charge in [-0.05, 0) is 61.6 Å². The van der Waals surface area contributed by atoms with Gasteiger partial charge in [-0.1, -0.05) is 35.3 Å². The van der Waals surface area contributed by atoms with Crippen LogP contribution in [0.5, 0.6) is 0 Å². The van der Waals surface area contributed by atoms with Crippen LogP contribution in [0.1, 0.15) is 34.5 Å². The minimum atomic E-state index is -0.519. The minimum Gasteiger partial charge on any atom is -0.334 e. The molecule has 0 radical (unpaired) electrons. The second kappa shape index (κ2) is 7.57. The molecular weight excluding hydrogens is 397 g/mol. The summed E-state index contributed by atoms with van der Waals surface area (Å²) in [6.07, 6.45) is 2.48. The molecule has 4 rings (SSSR count). The van der Waals surface area contributed by atoms with Gasteiger partial charge in [0.2, 0.25) is 0 Å². The fraction of sp³-hybridized carbons (Fsp3) is 0.286. The van der Waals surface area contributed by atoms with Gasteiger partial charge in [0.25, 0.3) is 11.5 Å². The Morgan fingerprint density at radius 3 is 2.89 bits per heavy atom. The number of benzene rings is 2. The Hall–Kier alpha value is -2.37. The Balaban J connectivity index is 1.64. The van der Waals surface area contributed by atoms with Crippen molar-refractivity contribution in [1.29, 1.82) is 0 Å². The van der Waals surface area contributed by atoms with Crippen LogP contribution in [0, 0.1) is 6.92 Å². The van der Waals surface area contributed by atoms with Gasteiger partial charge >= 0.3 is 0 Å². The number of hydrogen-bond donors (Lipinski definition) is 1. The Bertz CT molecular complexity index is 1110. The largest absolute Gasteiger partial charge is 0.334 e. The number of para-hydroxylation sites is 1. The number of nitrogens with one attached hydrogen (secondary N) is 1. The molecule has 1 N–H and O–H groups in total. The smallest absolute Gasteiger partial charge is 0.280 e. The molecule has 5 nitrogen and oxygen atoms in total. The van der Waals surface area contributed by atoms with Crippen molar-refractivity contribution in [3.05, 3.63) is 73.6 Å². The molecule has 0 aliphatic carbocycles. The standard InChI is InChI=1S/C21H19Cl2N3O2/c1-12-8-13(10-14(22)9-12)11-15-4-3-7-26(15)21(28)19-20(27)25-18-16(23)5-2-6-17(18)24-19/h2,5-6,8-10,15H,3-4,7,11H2,1H3,(H,25,27)/t15-/m0/s1. The lowest BCUT2D eigenvalue weighted by atomic mass is 10.0. The minimum absolute atomic E-state index is 0.0154. The Morgan fingerprint density at radius 2 is 2.11 bits per heavy atom. The number of nitrogens with zero attached hydrogens (tertiary/aromatic N) is 2. The van der Waals surface area contributed by atoms with Gasteiger partial charge < -0.3 is 9.88 Å². The van der Waals surface area contributed by atoms with Crippen molar-refractivity contribution >= 4 is 40.1 Å². The average molecular weight is 416 g/mol. The van der Waals surface area contributed by atoms with E-state index in [2.05, 4.69) is 16.0 Å². The molecule has 1 aromatic heterocycles. The lowest BCUT2D eigenvalue weighted by molar-refractivity contribution is 0.0729. The molecule has 2 heterocycles. The summed E-state index contributed by atoms with van der Waals surface area (Å²) in [5.74, 6) is -0.343. The first-order chi connectivity index (χ1) is 13.4. The van der Waals surface area contributed by atoms with Crippen LogP contribution in [0.2, 0.25) is 10.0 Å². The van der Waals surface area contributed by atoms with Crippen molar-refractivity contribution in [2.45, 2.75) is 32.2 Å². The maximum absolute atomic E-state index is 13.1. The normalized spacial score (nSPS) is 16.7. The molecule has 144 valence electrons. The first-order valence-electron chi connectivity index (χ1n) is 9.18. The molecule has 1 fully saturated rings. The second-order valence-corrected chi connectivity index (χ2v) is 8.03. The van der Waals surface area contributed by atoms with Crippen LogP contribution >= 0.6 is 23.2 Å². The molecule has 3 aromatic rings. The number of aromatic amines is 1. The third-order valence-electron chi connectivity index (χ3n) is 5.09. The molecule has 1 amide bonds. The van der Waals surface area contributed by atoms with E-state index in [0.29, 0.717) is 34.0 Å². The van der Waals surface area contributed by atoms with Gasteiger partial charge in [-0.25, -0.2) is 4.98 Å². The number of carbonyl (C=O) groups is 1. The van der Waals surface area contributed by atoms with Crippen molar-refractivity contribution in [3.8, 4) is 0 Å². The number of aromatic nitrogens is 2. The number of halogens is 2. The molecule has 7 heteroatoms. The predicted octanol–water partition coefficient (Wildman–Crippen LogP) is 4.39. The summed E-state index contributed by atoms with van der Waals surface area (Å²) in [7, 11) is 0. The van der Waals surface area contributed by atoms with E-state index in [-0.39, 0.29) is 17.6 Å². The molecule has 0 spiro atoms. The molecule has 0 unspecified atom stereocenters. The van der Waals surface area contributed by atoms with Crippen molar-refractivity contribution in [2.75, 3.05) is 6.54 Å². The van der Waals surface area contributed by atoms with Gasteiger partial charge in [0, 0.05) is 17.6 Å². The first-order valence-corrected chi connectivity index (χ1v) is 9.93. The zero-order valence-corrected chi connectivity index (χ0v) is 16.8. The molecule has 1 aliphatic heterocycles. The van der Waals surface area contributed by atoms with Crippen molar-refractivity contribution < 1.29 is 4.79 Å². The van der Waals surface area contributed by atoms with Crippen LogP contribution in [-0.4, -0.2) is 33.4 Å². The van der Waals surface area contributed by atoms with Crippen LogP contribution < -0.4 is 5.56 Å². The summed E-state index contributed by atoms with van der Waals surface area (Å²) in [6.45, 7) is 2.61. The summed E-state index contributed by atoms with van der Waals surface area (Å²) in [5, 5.41) is 1.09. The number of fused-ring (bicyclic) bond motifs is 1. The van der Waals surface area contributed by atoms with E-state index >= 15 is 0 Å². The second-order valence-electron chi connectivity index (χ2n) is 7.18. The number of hydrogen-bond acceptors (Lipinski definition) is 3. The fourth-order valence-electron chi connectivity index (χ4n) is 3.87. The fourth-order valence-corrected chi connectivity index (χ4v) is 4.40. The third-order valence-corrected chi connectivity index (χ3v) is 5.62. The summed E-state index contributed by atoms with van der Waals surface area (Å²) >= 11 is 12.3. The highest BCUT2D eigenvalue weighted by molar-refractivity contribution is 6.34. The average Bonchev–Trinajstić information content (AvgIpc) is 3.08. The molecule has 2 aromatic carbocycles. The Labute approximate surface area is 172 Å². The molecule has 28 heavy (non-hydrogen) atoms. The van der Waals surface area contributed by atoms with Crippen molar-refractivity contribution in [2.24, 2.45) is 0 Å². The van der Waals surface area contributed by atoms with Gasteiger partial charge in [0.15, 0.2) is 5.69 Å². The van der Waals surface area contributed by atoms with Gasteiger partial charge in [0.1, 0.15) is 0 Å². The zero-order valence-electron chi connectivity index (χ0n) is 15.3. The van der Waals surface area contributed by atoms with E-state index in [1.165, 1.54) is 0 Å². The van der Waals surface area contributed by atoms with Crippen LogP contribution in [0.25, 0.3) is 11.0 Å². The Morgan fingerprint density at radius 1 is 1.29 bits per heavy atom. The number of H-pyrrole nitrogens is 1. The first kappa shape index (κ1) is 19.0. The van der Waals surface area contributed by atoms with Crippen LogP contribution in [0.3, 0.4) is 0 Å². The number of carbonyl (C=O) groups excluding carboxylic acids is 1. The molecule has 1 aliphatic rings. The zero-order chi connectivity index (χ0) is 19.8. The van der Waals surface area contributed by atoms with E-state index in [1.807, 2.05) is 19.1 Å². The van der Waals surface area contributed by atoms with Crippen molar-refractivity contribution in [3.63, 3.8) is 0 Å². The number of rotatable bonds is 3. The topological polar surface area (TPSA) is 66.1 Å². The lowest BCUT2D eigenvalue weighted by Gasteiger charge is -2.24. The third kappa shape index (κ3) is 3.64. The lowest BCUT2D eigenvalue weighted by Crippen LogP contribution is -2.40. The van der Waals surface area contributed by atoms with E-state index < -0.39 is 5.56 Å². The van der Waals surface area contributed by atoms with E-state index in [4.69, 9.17) is 23.2 Å². The van der Waals surface area contributed by atoms with Crippen LogP contribution in [0.15, 0.2) is 41.2 Å². The Kier molecular flexibility index (Phi) is 5.13. The highest BCUT2D eigenvalue weighted by atomic mass is 35.5. The van der Waals surface area contributed by atoms with E-state index in [9.17, 15) is 9.59 Å². The van der Waals surface area contributed by atoms with Gasteiger partial charge in [0.05, 0.1) is 16.1 Å². The number of amides is 1. The summed E-state index contributed by atoms with van der Waals surface area (Å²) < 4.78 is 0. The highest BCUT2D eigenvalue weighted by Crippen LogP contribution is 2.25. The highest BCUT2D eigenvalue weighted by Gasteiger charge is 2.32. The molecule has 0 saturated carbocycles. The molecule has 1 saturated heterocycles. The van der Waals surface area contributed by atoms with Crippen LogP contribution in [0.4, 0.5) is 0 Å². The molecular formula is C21H19Cl2N3O2. The maximum atomic E-state index is 13.1. The quantitative estimate of drug-likeness (QED) is 0.689. The van der Waals surface area contributed by atoms with E-state index in [1.54, 1.807) is 23.1 Å². The molecule has 0 bridgehead atoms. The SMILES string of the molecule is Cc1cc(Cl)cc(C[C@@H]2CCCN2C(=O)c2nc3cccc(Cl)c3[nH]c2=O)c1. The maximum Gasteiger partial charge on any atom is 0.280 e. The summed E-state index contributed by atoms with van der Waals surface area (Å²) in [4.78, 5) is 34.4. The van der Waals surface area contributed by atoms with E-state index in [0.717, 1.165) is 24.0 Å². The summed E-state index contributed by atoms with van der Waals surface area (Å²) in [6, 6.07) is 11.1. The molecule has 1 atom stereocenters. The van der Waals surface area contributed by atoms with Gasteiger partial charge in [-0.2, -0.15) is 0 Å². The number of aryl methyl sites for hydroxylation is 1. The summed E-state index contributed by atoms with van der Waals surface area (Å²) in [5.41, 5.74) is 2.50. The van der Waals surface area contributed by atoms with Gasteiger partial charge in [-0.3, -0.25) is 9.59 Å².